The van der Waals surface area contributed by atoms with E-state index in [0.29, 0.717) is 11.6 Å². The van der Waals surface area contributed by atoms with Crippen molar-refractivity contribution in [1.82, 2.24) is 5.32 Å². The van der Waals surface area contributed by atoms with Crippen molar-refractivity contribution >= 4 is 0 Å². The van der Waals surface area contributed by atoms with Gasteiger partial charge in [0, 0.05) is 24.7 Å². The van der Waals surface area contributed by atoms with Crippen molar-refractivity contribution in [2.45, 2.75) is 12.6 Å². The summed E-state index contributed by atoms with van der Waals surface area (Å²) in [5.74, 6) is -3.66. The van der Waals surface area contributed by atoms with Crippen LogP contribution in [0.5, 0.6) is 0 Å². The van der Waals surface area contributed by atoms with Crippen molar-refractivity contribution in [2.24, 2.45) is 0 Å². The van der Waals surface area contributed by atoms with Crippen LogP contribution in [0.2, 0.25) is 0 Å². The summed E-state index contributed by atoms with van der Waals surface area (Å²) in [6.07, 6.45) is -0.918. The van der Waals surface area contributed by atoms with Crippen LogP contribution in [0.1, 0.15) is 17.2 Å². The summed E-state index contributed by atoms with van der Waals surface area (Å²) in [5, 5.41) is 12.6. The van der Waals surface area contributed by atoms with Crippen molar-refractivity contribution in [3.63, 3.8) is 0 Å². The van der Waals surface area contributed by atoms with Gasteiger partial charge in [0.2, 0.25) is 0 Å². The third-order valence-electron chi connectivity index (χ3n) is 3.00. The molecule has 0 spiro atoms. The Bertz CT molecular complexity index is 616. The van der Waals surface area contributed by atoms with Gasteiger partial charge in [0.25, 0.3) is 0 Å². The van der Waals surface area contributed by atoms with E-state index in [1.807, 2.05) is 0 Å². The standard InChI is InChI=1S/C15H13F4NO/c16-11-3-1-9(2-4-11)15(21)8-20-7-10-5-13(18)14(19)6-12(10)17/h1-6,15,20-21H,7-8H2. The van der Waals surface area contributed by atoms with Crippen LogP contribution in [0.25, 0.3) is 0 Å². The summed E-state index contributed by atoms with van der Waals surface area (Å²) >= 11 is 0. The molecule has 0 aliphatic rings. The van der Waals surface area contributed by atoms with Gasteiger partial charge >= 0.3 is 0 Å². The highest BCUT2D eigenvalue weighted by Gasteiger charge is 2.11. The summed E-state index contributed by atoms with van der Waals surface area (Å²) in [4.78, 5) is 0. The van der Waals surface area contributed by atoms with E-state index >= 15 is 0 Å². The maximum Gasteiger partial charge on any atom is 0.161 e. The molecule has 0 aromatic heterocycles. The van der Waals surface area contributed by atoms with Crippen molar-refractivity contribution in [1.29, 1.82) is 0 Å². The summed E-state index contributed by atoms with van der Waals surface area (Å²) < 4.78 is 51.9. The van der Waals surface area contributed by atoms with Gasteiger partial charge in [0.15, 0.2) is 11.6 Å². The van der Waals surface area contributed by atoms with E-state index in [4.69, 9.17) is 0 Å². The quantitative estimate of drug-likeness (QED) is 0.657. The van der Waals surface area contributed by atoms with Gasteiger partial charge in [-0.15, -0.1) is 0 Å². The molecule has 0 saturated carbocycles. The van der Waals surface area contributed by atoms with Crippen molar-refractivity contribution in [2.75, 3.05) is 6.54 Å². The molecular weight excluding hydrogens is 286 g/mol. The van der Waals surface area contributed by atoms with Crippen LogP contribution in [0.3, 0.4) is 0 Å². The third-order valence-corrected chi connectivity index (χ3v) is 3.00. The molecule has 1 unspecified atom stereocenters. The van der Waals surface area contributed by atoms with Gasteiger partial charge in [-0.05, 0) is 23.8 Å². The minimum atomic E-state index is -1.25. The Kier molecular flexibility index (Phi) is 4.93. The van der Waals surface area contributed by atoms with E-state index in [2.05, 4.69) is 5.32 Å². The molecule has 112 valence electrons. The first-order valence-electron chi connectivity index (χ1n) is 6.25. The molecule has 2 rings (SSSR count). The number of nitrogens with one attached hydrogen (secondary N) is 1. The number of benzene rings is 2. The lowest BCUT2D eigenvalue weighted by molar-refractivity contribution is 0.174. The van der Waals surface area contributed by atoms with Crippen molar-refractivity contribution in [3.05, 3.63) is 70.8 Å². The van der Waals surface area contributed by atoms with Gasteiger partial charge in [-0.3, -0.25) is 0 Å². The number of hydrogen-bond donors (Lipinski definition) is 2. The Labute approximate surface area is 119 Å². The Morgan fingerprint density at radius 3 is 2.19 bits per heavy atom. The average molecular weight is 299 g/mol. The Hall–Kier alpha value is -1.92. The van der Waals surface area contributed by atoms with Crippen LogP contribution < -0.4 is 5.32 Å². The smallest absolute Gasteiger partial charge is 0.161 e. The van der Waals surface area contributed by atoms with E-state index in [-0.39, 0.29) is 18.7 Å². The molecule has 0 aliphatic carbocycles. The minimum absolute atomic E-state index is 0.0415. The van der Waals surface area contributed by atoms with Gasteiger partial charge in [0.05, 0.1) is 6.10 Å². The number of hydrogen-bond acceptors (Lipinski definition) is 2. The Balaban J connectivity index is 1.92. The molecular formula is C15H13F4NO. The monoisotopic (exact) mass is 299 g/mol. The van der Waals surface area contributed by atoms with Gasteiger partial charge < -0.3 is 10.4 Å². The molecule has 2 aromatic rings. The number of aliphatic hydroxyl groups is 1. The zero-order chi connectivity index (χ0) is 15.4. The molecule has 6 heteroatoms. The molecule has 0 radical (unpaired) electrons. The van der Waals surface area contributed by atoms with E-state index in [0.717, 1.165) is 6.07 Å². The molecule has 0 amide bonds. The molecule has 2 aromatic carbocycles. The normalized spacial score (nSPS) is 12.4. The third kappa shape index (κ3) is 4.03. The van der Waals surface area contributed by atoms with Crippen molar-refractivity contribution in [3.8, 4) is 0 Å². The van der Waals surface area contributed by atoms with E-state index in [1.54, 1.807) is 0 Å². The Morgan fingerprint density at radius 1 is 0.905 bits per heavy atom. The molecule has 0 fully saturated rings. The Morgan fingerprint density at radius 2 is 1.52 bits per heavy atom. The molecule has 1 atom stereocenters. The predicted octanol–water partition coefficient (Wildman–Crippen LogP) is 3.07. The lowest BCUT2D eigenvalue weighted by Gasteiger charge is -2.12. The largest absolute Gasteiger partial charge is 0.387 e. The molecule has 0 aliphatic heterocycles. The number of halogens is 4. The van der Waals surface area contributed by atoms with E-state index in [1.165, 1.54) is 24.3 Å². The highest BCUT2D eigenvalue weighted by Crippen LogP contribution is 2.15. The molecule has 0 heterocycles. The molecule has 0 saturated heterocycles. The summed E-state index contributed by atoms with van der Waals surface area (Å²) in [7, 11) is 0. The van der Waals surface area contributed by atoms with Gasteiger partial charge in [-0.25, -0.2) is 17.6 Å². The zero-order valence-electron chi connectivity index (χ0n) is 10.9. The molecule has 2 nitrogen and oxygen atoms in total. The maximum absolute atomic E-state index is 13.4. The van der Waals surface area contributed by atoms with Crippen LogP contribution in [-0.2, 0) is 6.54 Å². The SMILES string of the molecule is OC(CNCc1cc(F)c(F)cc1F)c1ccc(F)cc1. The molecule has 21 heavy (non-hydrogen) atoms. The first-order chi connectivity index (χ1) is 9.97. The first-order valence-corrected chi connectivity index (χ1v) is 6.25. The zero-order valence-corrected chi connectivity index (χ0v) is 10.9. The maximum atomic E-state index is 13.4. The second-order valence-corrected chi connectivity index (χ2v) is 4.56. The van der Waals surface area contributed by atoms with Crippen molar-refractivity contribution < 1.29 is 22.7 Å². The first kappa shape index (κ1) is 15.5. The van der Waals surface area contributed by atoms with Gasteiger partial charge in [0.1, 0.15) is 11.6 Å². The van der Waals surface area contributed by atoms with Gasteiger partial charge in [-0.1, -0.05) is 12.1 Å². The number of rotatable bonds is 5. The minimum Gasteiger partial charge on any atom is -0.387 e. The molecule has 0 bridgehead atoms. The lowest BCUT2D eigenvalue weighted by atomic mass is 10.1. The highest BCUT2D eigenvalue weighted by atomic mass is 19.2. The predicted molar refractivity (Wildman–Crippen MR) is 69.4 cm³/mol. The van der Waals surface area contributed by atoms with E-state index in [9.17, 15) is 22.7 Å². The second kappa shape index (κ2) is 6.69. The topological polar surface area (TPSA) is 32.3 Å². The van der Waals surface area contributed by atoms with Gasteiger partial charge in [-0.2, -0.15) is 0 Å². The second-order valence-electron chi connectivity index (χ2n) is 4.56. The fourth-order valence-corrected chi connectivity index (χ4v) is 1.85. The van der Waals surface area contributed by atoms with Crippen LogP contribution in [0, 0.1) is 23.3 Å². The van der Waals surface area contributed by atoms with Crippen LogP contribution in [0.4, 0.5) is 17.6 Å². The summed E-state index contributed by atoms with van der Waals surface area (Å²) in [6, 6.07) is 6.53. The fraction of sp³-hybridized carbons (Fsp3) is 0.200. The highest BCUT2D eigenvalue weighted by molar-refractivity contribution is 5.21. The van der Waals surface area contributed by atoms with Crippen LogP contribution >= 0.6 is 0 Å². The summed E-state index contributed by atoms with van der Waals surface area (Å²) in [5.41, 5.74) is 0.454. The fourth-order valence-electron chi connectivity index (χ4n) is 1.85. The van der Waals surface area contributed by atoms with Crippen LogP contribution in [-0.4, -0.2) is 11.7 Å². The average Bonchev–Trinajstić information content (AvgIpc) is 2.45. The molecule has 2 N–H and O–H groups in total. The van der Waals surface area contributed by atoms with E-state index < -0.39 is 29.4 Å². The summed E-state index contributed by atoms with van der Waals surface area (Å²) in [6.45, 7) is -0.00858. The number of aliphatic hydroxyl groups excluding tert-OH is 1. The van der Waals surface area contributed by atoms with Crippen LogP contribution in [0.15, 0.2) is 36.4 Å². The lowest BCUT2D eigenvalue weighted by Crippen LogP contribution is -2.21.